The van der Waals surface area contributed by atoms with Crippen LogP contribution in [0.2, 0.25) is 0 Å². The normalized spacial score (nSPS) is 22.1. The van der Waals surface area contributed by atoms with Gasteiger partial charge in [-0.1, -0.05) is 0 Å². The molecule has 112 valence electrons. The van der Waals surface area contributed by atoms with Crippen LogP contribution in [0.4, 0.5) is 0 Å². The highest BCUT2D eigenvalue weighted by Gasteiger charge is 2.44. The van der Waals surface area contributed by atoms with Crippen LogP contribution < -0.4 is 9.47 Å². The minimum absolute atomic E-state index is 0.352. The first-order chi connectivity index (χ1) is 10.5. The predicted octanol–water partition coefficient (Wildman–Crippen LogP) is 2.00. The van der Waals surface area contributed by atoms with Crippen LogP contribution in [0.25, 0.3) is 0 Å². The van der Waals surface area contributed by atoms with Crippen LogP contribution in [-0.2, 0) is 0 Å². The molecule has 0 aliphatic carbocycles. The van der Waals surface area contributed by atoms with Crippen molar-refractivity contribution >= 4 is 0 Å². The Bertz CT molecular complexity index is 725. The summed E-state index contributed by atoms with van der Waals surface area (Å²) in [5, 5.41) is 19.7. The molecule has 0 bridgehead atoms. The lowest BCUT2D eigenvalue weighted by Crippen LogP contribution is -2.50. The molecule has 1 aliphatic rings. The molecule has 0 spiro atoms. The van der Waals surface area contributed by atoms with Gasteiger partial charge in [0.05, 0.1) is 11.6 Å². The van der Waals surface area contributed by atoms with Crippen LogP contribution in [-0.4, -0.2) is 26.8 Å². The molecule has 6 nitrogen and oxygen atoms in total. The maximum atomic E-state index is 10.6. The number of hydrogen-bond donors (Lipinski definition) is 1. The molecule has 1 aromatic heterocycles. The molecule has 22 heavy (non-hydrogen) atoms. The number of aromatic nitrogens is 2. The zero-order valence-corrected chi connectivity index (χ0v) is 12.2. The summed E-state index contributed by atoms with van der Waals surface area (Å²) in [5.41, 5.74) is 0.286. The Morgan fingerprint density at radius 1 is 1.36 bits per heavy atom. The molecule has 2 heterocycles. The molecular weight excluding hydrogens is 282 g/mol. The van der Waals surface area contributed by atoms with Crippen molar-refractivity contribution < 1.29 is 14.6 Å². The van der Waals surface area contributed by atoms with Crippen LogP contribution in [0.15, 0.2) is 36.8 Å². The Kier molecular flexibility index (Phi) is 3.43. The van der Waals surface area contributed by atoms with Gasteiger partial charge in [0.2, 0.25) is 5.88 Å². The number of aliphatic hydroxyl groups is 1. The third kappa shape index (κ3) is 2.47. The van der Waals surface area contributed by atoms with Crippen molar-refractivity contribution in [2.24, 2.45) is 0 Å². The van der Waals surface area contributed by atoms with Gasteiger partial charge in [-0.05, 0) is 32.0 Å². The molecule has 0 fully saturated rings. The average Bonchev–Trinajstić information content (AvgIpc) is 2.52. The fourth-order valence-corrected chi connectivity index (χ4v) is 2.42. The maximum Gasteiger partial charge on any atom is 0.216 e. The monoisotopic (exact) mass is 297 g/mol. The van der Waals surface area contributed by atoms with Gasteiger partial charge < -0.3 is 14.6 Å². The summed E-state index contributed by atoms with van der Waals surface area (Å²) in [6.07, 6.45) is 1.34. The number of aliphatic hydroxyl groups excluding tert-OH is 1. The number of rotatable bonds is 2. The maximum absolute atomic E-state index is 10.6. The molecule has 2 aromatic rings. The van der Waals surface area contributed by atoms with Gasteiger partial charge >= 0.3 is 0 Å². The van der Waals surface area contributed by atoms with E-state index in [2.05, 4.69) is 16.0 Å². The predicted molar refractivity (Wildman–Crippen MR) is 77.3 cm³/mol. The van der Waals surface area contributed by atoms with Crippen molar-refractivity contribution in [3.63, 3.8) is 0 Å². The van der Waals surface area contributed by atoms with Gasteiger partial charge in [-0.15, -0.1) is 0 Å². The lowest BCUT2D eigenvalue weighted by Gasteiger charge is -2.41. The van der Waals surface area contributed by atoms with Gasteiger partial charge in [-0.3, -0.25) is 0 Å². The van der Waals surface area contributed by atoms with Gasteiger partial charge in [-0.25, -0.2) is 9.97 Å². The van der Waals surface area contributed by atoms with E-state index in [1.54, 1.807) is 44.3 Å². The topological polar surface area (TPSA) is 88.3 Å². The molecule has 0 amide bonds. The molecule has 0 saturated heterocycles. The van der Waals surface area contributed by atoms with Gasteiger partial charge in [-0.2, -0.15) is 5.26 Å². The second-order valence-corrected chi connectivity index (χ2v) is 5.60. The average molecular weight is 297 g/mol. The van der Waals surface area contributed by atoms with Crippen molar-refractivity contribution in [2.75, 3.05) is 0 Å². The summed E-state index contributed by atoms with van der Waals surface area (Å²) in [4.78, 5) is 7.86. The van der Waals surface area contributed by atoms with E-state index in [1.165, 1.54) is 6.33 Å². The van der Waals surface area contributed by atoms with Crippen molar-refractivity contribution in [3.05, 3.63) is 47.9 Å². The van der Waals surface area contributed by atoms with Gasteiger partial charge in [0.1, 0.15) is 23.8 Å². The zero-order valence-electron chi connectivity index (χ0n) is 12.2. The van der Waals surface area contributed by atoms with Crippen LogP contribution >= 0.6 is 0 Å². The smallest absolute Gasteiger partial charge is 0.216 e. The molecule has 0 saturated carbocycles. The number of nitriles is 1. The van der Waals surface area contributed by atoms with E-state index in [0.717, 1.165) is 0 Å². The van der Waals surface area contributed by atoms with Gasteiger partial charge in [0.15, 0.2) is 6.10 Å². The molecule has 2 unspecified atom stereocenters. The van der Waals surface area contributed by atoms with Crippen molar-refractivity contribution in [1.82, 2.24) is 9.97 Å². The molecule has 1 N–H and O–H groups in total. The first-order valence-corrected chi connectivity index (χ1v) is 6.85. The summed E-state index contributed by atoms with van der Waals surface area (Å²) in [7, 11) is 0. The minimum Gasteiger partial charge on any atom is -0.485 e. The molecular formula is C16H15N3O3. The first-order valence-electron chi connectivity index (χ1n) is 6.85. The largest absolute Gasteiger partial charge is 0.485 e. The van der Waals surface area contributed by atoms with E-state index in [9.17, 15) is 5.11 Å². The van der Waals surface area contributed by atoms with Crippen LogP contribution in [0.3, 0.4) is 0 Å². The van der Waals surface area contributed by atoms with Crippen molar-refractivity contribution in [2.45, 2.75) is 31.7 Å². The fraction of sp³-hybridized carbons (Fsp3) is 0.312. The molecule has 2 atom stereocenters. The summed E-state index contributed by atoms with van der Waals surface area (Å²) >= 11 is 0. The Hall–Kier alpha value is -2.65. The first kappa shape index (κ1) is 14.3. The number of fused-ring (bicyclic) bond motifs is 1. The van der Waals surface area contributed by atoms with E-state index < -0.39 is 17.8 Å². The third-order valence-corrected chi connectivity index (χ3v) is 3.62. The van der Waals surface area contributed by atoms with E-state index >= 15 is 0 Å². The molecule has 1 aromatic carbocycles. The summed E-state index contributed by atoms with van der Waals surface area (Å²) < 4.78 is 11.7. The number of ether oxygens (including phenoxy) is 2. The molecule has 1 aliphatic heterocycles. The van der Waals surface area contributed by atoms with Crippen molar-refractivity contribution in [1.29, 1.82) is 5.26 Å². The quantitative estimate of drug-likeness (QED) is 0.912. The Morgan fingerprint density at radius 3 is 2.86 bits per heavy atom. The SMILES string of the molecule is CC1(C)Oc2ccc(C#N)cc2C(Oc2ccncn2)C1O. The zero-order chi connectivity index (χ0) is 15.7. The highest BCUT2D eigenvalue weighted by molar-refractivity contribution is 5.46. The minimum atomic E-state index is -0.913. The highest BCUT2D eigenvalue weighted by Crippen LogP contribution is 2.42. The Labute approximate surface area is 128 Å². The summed E-state index contributed by atoms with van der Waals surface area (Å²) in [6.45, 7) is 3.57. The number of hydrogen-bond acceptors (Lipinski definition) is 6. The van der Waals surface area contributed by atoms with Crippen LogP contribution in [0, 0.1) is 11.3 Å². The number of nitrogens with zero attached hydrogens (tertiary/aromatic N) is 3. The van der Waals surface area contributed by atoms with E-state index in [0.29, 0.717) is 22.8 Å². The van der Waals surface area contributed by atoms with Gasteiger partial charge in [0.25, 0.3) is 0 Å². The lowest BCUT2D eigenvalue weighted by atomic mass is 9.88. The Morgan fingerprint density at radius 2 is 2.18 bits per heavy atom. The van der Waals surface area contributed by atoms with E-state index in [-0.39, 0.29) is 0 Å². The van der Waals surface area contributed by atoms with Gasteiger partial charge in [0, 0.05) is 17.8 Å². The van der Waals surface area contributed by atoms with Crippen LogP contribution in [0.1, 0.15) is 31.1 Å². The van der Waals surface area contributed by atoms with Crippen LogP contribution in [0.5, 0.6) is 11.6 Å². The Balaban J connectivity index is 2.05. The second kappa shape index (κ2) is 5.28. The summed E-state index contributed by atoms with van der Waals surface area (Å²) in [6, 6.07) is 8.75. The van der Waals surface area contributed by atoms with E-state index in [4.69, 9.17) is 14.7 Å². The standard InChI is InChI=1S/C16H15N3O3/c1-16(2)15(20)14(21-13-5-6-18-9-19-13)11-7-10(8-17)3-4-12(11)22-16/h3-7,9,14-15,20H,1-2H3. The number of benzene rings is 1. The van der Waals surface area contributed by atoms with E-state index in [1.807, 2.05) is 0 Å². The molecule has 6 heteroatoms. The van der Waals surface area contributed by atoms with Crippen molar-refractivity contribution in [3.8, 4) is 17.7 Å². The molecule has 3 rings (SSSR count). The summed E-state index contributed by atoms with van der Waals surface area (Å²) in [5.74, 6) is 0.943. The third-order valence-electron chi connectivity index (χ3n) is 3.62. The highest BCUT2D eigenvalue weighted by atomic mass is 16.5. The lowest BCUT2D eigenvalue weighted by molar-refractivity contribution is -0.104. The second-order valence-electron chi connectivity index (χ2n) is 5.60. The fourth-order valence-electron chi connectivity index (χ4n) is 2.42. The molecule has 0 radical (unpaired) electrons.